The smallest absolute Gasteiger partial charge is 0.330 e. The van der Waals surface area contributed by atoms with Gasteiger partial charge in [-0.15, -0.1) is 0 Å². The van der Waals surface area contributed by atoms with Gasteiger partial charge in [-0.3, -0.25) is 29.3 Å². The van der Waals surface area contributed by atoms with E-state index in [1.165, 1.54) is 16.7 Å². The summed E-state index contributed by atoms with van der Waals surface area (Å²) in [5, 5.41) is 13.5. The number of anilines is 3. The van der Waals surface area contributed by atoms with E-state index in [-0.39, 0.29) is 34.4 Å². The van der Waals surface area contributed by atoms with E-state index in [2.05, 4.69) is 10.3 Å². The molecule has 0 spiro atoms. The standard InChI is InChI=1S/C21H29ClN6O5/c1-3-5-7-10-26(18-19(23)27(11-6-4-2)21(31)25-20(18)30)13-17(29)24-16-9-8-14(28(32)33)12-15(16)22/h8-9,12H,3-7,10-11,13,23H2,1-2H3,(H,24,29)(H,25,30,31). The molecule has 12 heteroatoms. The van der Waals surface area contributed by atoms with Crippen molar-refractivity contribution in [2.75, 3.05) is 29.0 Å². The second-order valence-electron chi connectivity index (χ2n) is 7.60. The van der Waals surface area contributed by atoms with Gasteiger partial charge in [-0.2, -0.15) is 0 Å². The fraction of sp³-hybridized carbons (Fsp3) is 0.476. The number of hydrogen-bond donors (Lipinski definition) is 3. The van der Waals surface area contributed by atoms with Gasteiger partial charge in [0, 0.05) is 25.2 Å². The molecular weight excluding hydrogens is 452 g/mol. The summed E-state index contributed by atoms with van der Waals surface area (Å²) in [5.74, 6) is -0.484. The van der Waals surface area contributed by atoms with Crippen LogP contribution in [0.15, 0.2) is 27.8 Å². The fourth-order valence-electron chi connectivity index (χ4n) is 3.33. The van der Waals surface area contributed by atoms with E-state index in [1.54, 1.807) is 4.90 Å². The maximum Gasteiger partial charge on any atom is 0.330 e. The minimum atomic E-state index is -0.664. The van der Waals surface area contributed by atoms with E-state index < -0.39 is 22.1 Å². The lowest BCUT2D eigenvalue weighted by Crippen LogP contribution is -2.42. The summed E-state index contributed by atoms with van der Waals surface area (Å²) in [7, 11) is 0. The van der Waals surface area contributed by atoms with E-state index in [0.29, 0.717) is 25.9 Å². The number of nitrogens with one attached hydrogen (secondary N) is 2. The molecule has 11 nitrogen and oxygen atoms in total. The SMILES string of the molecule is CCCCCN(CC(=O)Nc1ccc([N+](=O)[O-])cc1Cl)c1c(N)n(CCCC)c(=O)[nH]c1=O. The summed E-state index contributed by atoms with van der Waals surface area (Å²) in [6.07, 6.45) is 4.04. The maximum atomic E-state index is 12.8. The van der Waals surface area contributed by atoms with Gasteiger partial charge in [0.25, 0.3) is 11.2 Å². The van der Waals surface area contributed by atoms with Crippen LogP contribution in [0.3, 0.4) is 0 Å². The van der Waals surface area contributed by atoms with Crippen LogP contribution in [0.1, 0.15) is 46.0 Å². The third-order valence-electron chi connectivity index (χ3n) is 5.07. The van der Waals surface area contributed by atoms with Gasteiger partial charge in [0.2, 0.25) is 5.91 Å². The molecule has 33 heavy (non-hydrogen) atoms. The van der Waals surface area contributed by atoms with Gasteiger partial charge in [-0.05, 0) is 18.9 Å². The molecule has 0 aliphatic heterocycles. The van der Waals surface area contributed by atoms with Crippen molar-refractivity contribution >= 4 is 40.4 Å². The minimum Gasteiger partial charge on any atom is -0.383 e. The lowest BCUT2D eigenvalue weighted by molar-refractivity contribution is -0.384. The number of nitrogens with zero attached hydrogens (tertiary/aromatic N) is 3. The number of aromatic amines is 1. The molecule has 0 saturated carbocycles. The van der Waals surface area contributed by atoms with Crippen LogP contribution in [0.25, 0.3) is 0 Å². The van der Waals surface area contributed by atoms with Crippen molar-refractivity contribution in [2.24, 2.45) is 0 Å². The van der Waals surface area contributed by atoms with Gasteiger partial charge in [0.15, 0.2) is 0 Å². The summed E-state index contributed by atoms with van der Waals surface area (Å²) < 4.78 is 1.30. The monoisotopic (exact) mass is 480 g/mol. The van der Waals surface area contributed by atoms with Crippen LogP contribution in [-0.2, 0) is 11.3 Å². The third-order valence-corrected chi connectivity index (χ3v) is 5.38. The van der Waals surface area contributed by atoms with Gasteiger partial charge in [-0.25, -0.2) is 4.79 Å². The summed E-state index contributed by atoms with van der Waals surface area (Å²) in [6, 6.07) is 3.71. The Balaban J connectivity index is 2.33. The van der Waals surface area contributed by atoms with E-state index in [0.717, 1.165) is 25.3 Å². The molecule has 0 aliphatic rings. The molecule has 1 heterocycles. The molecule has 1 aromatic heterocycles. The second kappa shape index (κ2) is 12.0. The number of benzene rings is 1. The molecule has 4 N–H and O–H groups in total. The summed E-state index contributed by atoms with van der Waals surface area (Å²) in [6.45, 7) is 4.49. The number of unbranched alkanes of at least 4 members (excludes halogenated alkanes) is 3. The molecule has 0 aliphatic carbocycles. The largest absolute Gasteiger partial charge is 0.383 e. The Bertz CT molecular complexity index is 1110. The summed E-state index contributed by atoms with van der Waals surface area (Å²) in [4.78, 5) is 51.8. The number of nitro groups is 1. The number of aromatic nitrogens is 2. The minimum absolute atomic E-state index is 0.00914. The first-order valence-electron chi connectivity index (χ1n) is 10.8. The zero-order chi connectivity index (χ0) is 24.5. The number of nitro benzene ring substituents is 1. The molecule has 1 aromatic carbocycles. The van der Waals surface area contributed by atoms with Crippen molar-refractivity contribution in [1.29, 1.82) is 0 Å². The van der Waals surface area contributed by atoms with Gasteiger partial charge in [0.05, 0.1) is 22.2 Å². The molecule has 0 atom stereocenters. The Morgan fingerprint density at radius 1 is 1.24 bits per heavy atom. The van der Waals surface area contributed by atoms with E-state index in [1.807, 2.05) is 13.8 Å². The number of hydrogen-bond acceptors (Lipinski definition) is 7. The first kappa shape index (κ1) is 25.9. The Morgan fingerprint density at radius 3 is 2.55 bits per heavy atom. The maximum absolute atomic E-state index is 12.8. The van der Waals surface area contributed by atoms with Crippen molar-refractivity contribution < 1.29 is 9.72 Å². The van der Waals surface area contributed by atoms with Crippen LogP contribution in [0.4, 0.5) is 22.9 Å². The van der Waals surface area contributed by atoms with Crippen LogP contribution in [0.5, 0.6) is 0 Å². The van der Waals surface area contributed by atoms with Crippen LogP contribution in [-0.4, -0.2) is 33.5 Å². The predicted molar refractivity (Wildman–Crippen MR) is 129 cm³/mol. The zero-order valence-corrected chi connectivity index (χ0v) is 19.5. The van der Waals surface area contributed by atoms with Crippen molar-refractivity contribution in [3.63, 3.8) is 0 Å². The normalized spacial score (nSPS) is 10.8. The molecule has 2 aromatic rings. The number of non-ortho nitro benzene ring substituents is 1. The second-order valence-corrected chi connectivity index (χ2v) is 8.00. The number of amides is 1. The number of H-pyrrole nitrogens is 1. The average molecular weight is 481 g/mol. The third kappa shape index (κ3) is 6.82. The summed E-state index contributed by atoms with van der Waals surface area (Å²) >= 11 is 6.06. The van der Waals surface area contributed by atoms with Crippen LogP contribution < -0.4 is 27.2 Å². The summed E-state index contributed by atoms with van der Waals surface area (Å²) in [5.41, 5.74) is 5.02. The van der Waals surface area contributed by atoms with Crippen molar-refractivity contribution in [3.8, 4) is 0 Å². The Kier molecular flexibility index (Phi) is 9.46. The first-order valence-corrected chi connectivity index (χ1v) is 11.2. The van der Waals surface area contributed by atoms with E-state index >= 15 is 0 Å². The van der Waals surface area contributed by atoms with Gasteiger partial charge >= 0.3 is 5.69 Å². The molecule has 0 bridgehead atoms. The fourth-order valence-corrected chi connectivity index (χ4v) is 3.55. The Hall–Kier alpha value is -3.34. The molecule has 2 rings (SSSR count). The highest BCUT2D eigenvalue weighted by molar-refractivity contribution is 6.34. The first-order chi connectivity index (χ1) is 15.7. The number of carbonyl (C=O) groups excluding carboxylic acids is 1. The average Bonchev–Trinajstić information content (AvgIpc) is 2.74. The van der Waals surface area contributed by atoms with Crippen molar-refractivity contribution in [2.45, 2.75) is 52.5 Å². The molecule has 0 fully saturated rings. The predicted octanol–water partition coefficient (Wildman–Crippen LogP) is 3.12. The highest BCUT2D eigenvalue weighted by Crippen LogP contribution is 2.27. The Morgan fingerprint density at radius 2 is 1.94 bits per heavy atom. The van der Waals surface area contributed by atoms with Crippen molar-refractivity contribution in [1.82, 2.24) is 9.55 Å². The molecule has 1 amide bonds. The highest BCUT2D eigenvalue weighted by atomic mass is 35.5. The lowest BCUT2D eigenvalue weighted by Gasteiger charge is -2.26. The molecule has 0 unspecified atom stereocenters. The number of carbonyl (C=O) groups is 1. The molecule has 0 radical (unpaired) electrons. The van der Waals surface area contributed by atoms with Crippen LogP contribution >= 0.6 is 11.6 Å². The number of nitrogens with two attached hydrogens (primary N) is 1. The lowest BCUT2D eigenvalue weighted by atomic mass is 10.2. The van der Waals surface area contributed by atoms with Gasteiger partial charge in [0.1, 0.15) is 11.5 Å². The number of nitrogen functional groups attached to an aromatic ring is 1. The van der Waals surface area contributed by atoms with Crippen LogP contribution in [0.2, 0.25) is 5.02 Å². The number of rotatable bonds is 12. The highest BCUT2D eigenvalue weighted by Gasteiger charge is 2.21. The topological polar surface area (TPSA) is 156 Å². The van der Waals surface area contributed by atoms with E-state index in [9.17, 15) is 24.5 Å². The Labute approximate surface area is 195 Å². The zero-order valence-electron chi connectivity index (χ0n) is 18.7. The molecular formula is C21H29ClN6O5. The van der Waals surface area contributed by atoms with Crippen molar-refractivity contribution in [3.05, 3.63) is 54.2 Å². The molecule has 0 saturated heterocycles. The number of halogens is 1. The molecule has 180 valence electrons. The van der Waals surface area contributed by atoms with Crippen LogP contribution in [0, 0.1) is 10.1 Å². The van der Waals surface area contributed by atoms with E-state index in [4.69, 9.17) is 17.3 Å². The van der Waals surface area contributed by atoms with Gasteiger partial charge in [-0.1, -0.05) is 44.7 Å². The quantitative estimate of drug-likeness (QED) is 0.239. The van der Waals surface area contributed by atoms with Gasteiger partial charge < -0.3 is 16.0 Å².